The van der Waals surface area contributed by atoms with Crippen molar-refractivity contribution in [3.05, 3.63) is 59.7 Å². The molecule has 0 spiro atoms. The number of aromatic amines is 1. The van der Waals surface area contributed by atoms with Gasteiger partial charge in [0, 0.05) is 16.6 Å². The van der Waals surface area contributed by atoms with Crippen LogP contribution in [-0.4, -0.2) is 4.98 Å². The summed E-state index contributed by atoms with van der Waals surface area (Å²) in [5, 5.41) is 0.549. The van der Waals surface area contributed by atoms with Crippen LogP contribution in [0, 0.1) is 0 Å². The van der Waals surface area contributed by atoms with Crippen molar-refractivity contribution in [1.29, 1.82) is 0 Å². The van der Waals surface area contributed by atoms with Crippen LogP contribution in [-0.2, 0) is 12.4 Å². The van der Waals surface area contributed by atoms with Crippen LogP contribution in [0.1, 0.15) is 11.1 Å². The van der Waals surface area contributed by atoms with Crippen molar-refractivity contribution in [2.75, 3.05) is 0 Å². The van der Waals surface area contributed by atoms with Crippen LogP contribution in [0.3, 0.4) is 0 Å². The van der Waals surface area contributed by atoms with Crippen molar-refractivity contribution < 1.29 is 26.3 Å². The number of benzene rings is 2. The molecule has 0 bridgehead atoms. The van der Waals surface area contributed by atoms with Crippen molar-refractivity contribution in [2.24, 2.45) is 0 Å². The molecule has 1 nitrogen and oxygen atoms in total. The van der Waals surface area contributed by atoms with E-state index in [2.05, 4.69) is 4.98 Å². The monoisotopic (exact) mass is 329 g/mol. The summed E-state index contributed by atoms with van der Waals surface area (Å²) in [6.07, 6.45) is -8.88. The van der Waals surface area contributed by atoms with Crippen LogP contribution >= 0.6 is 0 Å². The Kier molecular flexibility index (Phi) is 3.39. The fraction of sp³-hybridized carbons (Fsp3) is 0.125. The molecule has 23 heavy (non-hydrogen) atoms. The second kappa shape index (κ2) is 5.04. The van der Waals surface area contributed by atoms with Gasteiger partial charge in [0.1, 0.15) is 0 Å². The second-order valence-corrected chi connectivity index (χ2v) is 5.06. The van der Waals surface area contributed by atoms with Crippen LogP contribution in [0.15, 0.2) is 48.5 Å². The Morgan fingerprint density at radius 3 is 1.78 bits per heavy atom. The molecule has 0 amide bonds. The lowest BCUT2D eigenvalue weighted by Crippen LogP contribution is -2.04. The first-order valence-corrected chi connectivity index (χ1v) is 6.52. The number of aromatic nitrogens is 1. The lowest BCUT2D eigenvalue weighted by atomic mass is 10.1. The van der Waals surface area contributed by atoms with E-state index in [1.54, 1.807) is 6.07 Å². The minimum absolute atomic E-state index is 0.273. The Hall–Kier alpha value is -2.44. The number of hydrogen-bond acceptors (Lipinski definition) is 0. The zero-order valence-electron chi connectivity index (χ0n) is 11.4. The number of H-pyrrole nitrogens is 1. The van der Waals surface area contributed by atoms with E-state index in [4.69, 9.17) is 0 Å². The van der Waals surface area contributed by atoms with Gasteiger partial charge in [-0.3, -0.25) is 0 Å². The normalized spacial score (nSPS) is 12.8. The lowest BCUT2D eigenvalue weighted by molar-refractivity contribution is -0.138. The molecule has 1 aromatic heterocycles. The molecule has 3 aromatic rings. The highest BCUT2D eigenvalue weighted by atomic mass is 19.4. The maximum Gasteiger partial charge on any atom is 0.416 e. The smallest absolute Gasteiger partial charge is 0.355 e. The second-order valence-electron chi connectivity index (χ2n) is 5.06. The molecule has 1 N–H and O–H groups in total. The Morgan fingerprint density at radius 2 is 1.22 bits per heavy atom. The van der Waals surface area contributed by atoms with Crippen LogP contribution in [0.2, 0.25) is 0 Å². The van der Waals surface area contributed by atoms with Gasteiger partial charge in [-0.1, -0.05) is 18.2 Å². The van der Waals surface area contributed by atoms with Crippen molar-refractivity contribution >= 4 is 10.9 Å². The van der Waals surface area contributed by atoms with Gasteiger partial charge in [0.05, 0.1) is 11.1 Å². The van der Waals surface area contributed by atoms with Crippen LogP contribution < -0.4 is 0 Å². The molecule has 0 fully saturated rings. The van der Waals surface area contributed by atoms with Gasteiger partial charge >= 0.3 is 12.4 Å². The first-order valence-electron chi connectivity index (χ1n) is 6.52. The van der Waals surface area contributed by atoms with E-state index in [-0.39, 0.29) is 5.52 Å². The number of alkyl halides is 6. The summed E-state index contributed by atoms with van der Waals surface area (Å²) in [5.41, 5.74) is -0.381. The summed E-state index contributed by atoms with van der Waals surface area (Å²) >= 11 is 0. The fourth-order valence-electron chi connectivity index (χ4n) is 2.30. The molecule has 0 saturated heterocycles. The summed E-state index contributed by atoms with van der Waals surface area (Å²) < 4.78 is 75.6. The SMILES string of the molecule is FC(F)(F)c1ccc(-c2cc3ccc(C(F)(F)F)cc3[nH]2)cc1. The summed E-state index contributed by atoms with van der Waals surface area (Å²) in [4.78, 5) is 2.80. The van der Waals surface area contributed by atoms with Gasteiger partial charge in [0.25, 0.3) is 0 Å². The summed E-state index contributed by atoms with van der Waals surface area (Å²) in [5.74, 6) is 0. The molecule has 0 radical (unpaired) electrons. The Balaban J connectivity index is 2.00. The highest BCUT2D eigenvalue weighted by molar-refractivity contribution is 5.86. The number of nitrogens with one attached hydrogen (secondary N) is 1. The largest absolute Gasteiger partial charge is 0.416 e. The molecule has 0 aliphatic rings. The van der Waals surface area contributed by atoms with Gasteiger partial charge in [0.15, 0.2) is 0 Å². The maximum absolute atomic E-state index is 12.7. The highest BCUT2D eigenvalue weighted by Gasteiger charge is 2.31. The molecule has 0 atom stereocenters. The van der Waals surface area contributed by atoms with Gasteiger partial charge in [-0.2, -0.15) is 26.3 Å². The van der Waals surface area contributed by atoms with Crippen LogP contribution in [0.4, 0.5) is 26.3 Å². The number of hydrogen-bond donors (Lipinski definition) is 1. The van der Waals surface area contributed by atoms with E-state index in [9.17, 15) is 26.3 Å². The topological polar surface area (TPSA) is 15.8 Å². The zero-order valence-corrected chi connectivity index (χ0v) is 11.4. The average molecular weight is 329 g/mol. The van der Waals surface area contributed by atoms with E-state index in [1.165, 1.54) is 18.2 Å². The van der Waals surface area contributed by atoms with Crippen molar-refractivity contribution in [1.82, 2.24) is 4.98 Å². The third kappa shape index (κ3) is 3.04. The van der Waals surface area contributed by atoms with E-state index in [0.29, 0.717) is 16.6 Å². The maximum atomic E-state index is 12.7. The standard InChI is InChI=1S/C16H9F6N/c17-15(18,19)11-4-1-9(2-5-11)13-7-10-3-6-12(16(20,21)22)8-14(10)23-13/h1-8,23H. The quantitative estimate of drug-likeness (QED) is 0.537. The van der Waals surface area contributed by atoms with Gasteiger partial charge < -0.3 is 4.98 Å². The molecular weight excluding hydrogens is 320 g/mol. The first kappa shape index (κ1) is 15.5. The first-order chi connectivity index (χ1) is 10.6. The van der Waals surface area contributed by atoms with Crippen molar-refractivity contribution in [3.8, 4) is 11.3 Å². The minimum Gasteiger partial charge on any atom is -0.355 e. The number of rotatable bonds is 1. The molecule has 0 saturated carbocycles. The highest BCUT2D eigenvalue weighted by Crippen LogP contribution is 2.34. The molecule has 2 aromatic carbocycles. The van der Waals surface area contributed by atoms with Crippen LogP contribution in [0.25, 0.3) is 22.2 Å². The number of fused-ring (bicyclic) bond motifs is 1. The van der Waals surface area contributed by atoms with Crippen molar-refractivity contribution in [2.45, 2.75) is 12.4 Å². The van der Waals surface area contributed by atoms with E-state index in [1.807, 2.05) is 0 Å². The predicted octanol–water partition coefficient (Wildman–Crippen LogP) is 5.87. The molecule has 120 valence electrons. The summed E-state index contributed by atoms with van der Waals surface area (Å²) in [7, 11) is 0. The van der Waals surface area contributed by atoms with E-state index >= 15 is 0 Å². The van der Waals surface area contributed by atoms with Gasteiger partial charge in [-0.15, -0.1) is 0 Å². The predicted molar refractivity (Wildman–Crippen MR) is 73.7 cm³/mol. The number of halogens is 6. The van der Waals surface area contributed by atoms with Gasteiger partial charge in [0.2, 0.25) is 0 Å². The average Bonchev–Trinajstić information content (AvgIpc) is 2.88. The summed E-state index contributed by atoms with van der Waals surface area (Å²) in [6.45, 7) is 0. The van der Waals surface area contributed by atoms with E-state index < -0.39 is 23.5 Å². The molecular formula is C16H9F6N. The third-order valence-electron chi connectivity index (χ3n) is 3.47. The van der Waals surface area contributed by atoms with Crippen molar-refractivity contribution in [3.63, 3.8) is 0 Å². The zero-order chi connectivity index (χ0) is 16.8. The molecule has 3 rings (SSSR count). The Morgan fingerprint density at radius 1 is 0.652 bits per heavy atom. The molecule has 0 aliphatic heterocycles. The molecule has 7 heteroatoms. The minimum atomic E-state index is -4.45. The Labute approximate surface area is 126 Å². The molecule has 1 heterocycles. The van der Waals surface area contributed by atoms with Gasteiger partial charge in [-0.25, -0.2) is 0 Å². The molecule has 0 aliphatic carbocycles. The van der Waals surface area contributed by atoms with E-state index in [0.717, 1.165) is 24.3 Å². The molecule has 0 unspecified atom stereocenters. The fourth-order valence-corrected chi connectivity index (χ4v) is 2.30. The summed E-state index contributed by atoms with van der Waals surface area (Å²) in [6, 6.07) is 9.27. The lowest BCUT2D eigenvalue weighted by Gasteiger charge is -2.06. The van der Waals surface area contributed by atoms with Crippen LogP contribution in [0.5, 0.6) is 0 Å². The van der Waals surface area contributed by atoms with Gasteiger partial charge in [-0.05, 0) is 35.9 Å². The Bertz CT molecular complexity index is 840. The third-order valence-corrected chi connectivity index (χ3v) is 3.47.